The van der Waals surface area contributed by atoms with E-state index in [1.807, 2.05) is 18.2 Å². The van der Waals surface area contributed by atoms with Crippen LogP contribution in [0.4, 0.5) is 0 Å². The van der Waals surface area contributed by atoms with Crippen molar-refractivity contribution in [3.05, 3.63) is 23.8 Å². The number of nitriles is 1. The molecular formula is C19H26N2O3. The predicted octanol–water partition coefficient (Wildman–Crippen LogP) is 2.90. The van der Waals surface area contributed by atoms with Crippen LogP contribution in [0.3, 0.4) is 0 Å². The highest BCUT2D eigenvalue weighted by atomic mass is 16.5. The van der Waals surface area contributed by atoms with Gasteiger partial charge in [0, 0.05) is 18.5 Å². The minimum Gasteiger partial charge on any atom is -0.493 e. The fourth-order valence-electron chi connectivity index (χ4n) is 4.49. The molecule has 0 aromatic heterocycles. The zero-order chi connectivity index (χ0) is 17.2. The van der Waals surface area contributed by atoms with Gasteiger partial charge in [0.1, 0.15) is 0 Å². The van der Waals surface area contributed by atoms with E-state index < -0.39 is 5.60 Å². The molecule has 0 bridgehead atoms. The number of aliphatic hydroxyl groups is 1. The summed E-state index contributed by atoms with van der Waals surface area (Å²) in [5.41, 5.74) is 0.482. The van der Waals surface area contributed by atoms with E-state index in [1.54, 1.807) is 14.2 Å². The van der Waals surface area contributed by atoms with Crippen LogP contribution in [-0.2, 0) is 0 Å². The molecule has 2 aliphatic rings. The van der Waals surface area contributed by atoms with Gasteiger partial charge in [0.2, 0.25) is 0 Å². The number of benzene rings is 1. The van der Waals surface area contributed by atoms with Crippen molar-refractivity contribution in [3.8, 4) is 17.6 Å². The Morgan fingerprint density at radius 2 is 2.04 bits per heavy atom. The number of piperidine rings is 1. The lowest BCUT2D eigenvalue weighted by molar-refractivity contribution is -0.121. The molecule has 0 unspecified atom stereocenters. The van der Waals surface area contributed by atoms with Gasteiger partial charge in [-0.3, -0.25) is 4.90 Å². The lowest BCUT2D eigenvalue weighted by atomic mass is 9.66. The molecule has 1 N–H and O–H groups in total. The zero-order valence-corrected chi connectivity index (χ0v) is 14.5. The van der Waals surface area contributed by atoms with Crippen LogP contribution in [0, 0.1) is 17.2 Å². The number of nitrogens with zero attached hydrogens (tertiary/aromatic N) is 2. The van der Waals surface area contributed by atoms with Crippen LogP contribution < -0.4 is 9.47 Å². The number of hydrogen-bond donors (Lipinski definition) is 1. The molecule has 3 atom stereocenters. The summed E-state index contributed by atoms with van der Waals surface area (Å²) in [4.78, 5) is 2.20. The summed E-state index contributed by atoms with van der Waals surface area (Å²) in [5, 5.41) is 20.4. The van der Waals surface area contributed by atoms with E-state index in [2.05, 4.69) is 11.0 Å². The van der Waals surface area contributed by atoms with Crippen LogP contribution in [0.15, 0.2) is 18.2 Å². The van der Waals surface area contributed by atoms with E-state index in [0.29, 0.717) is 18.0 Å². The van der Waals surface area contributed by atoms with E-state index in [1.165, 1.54) is 0 Å². The topological polar surface area (TPSA) is 65.7 Å². The Balaban J connectivity index is 2.00. The van der Waals surface area contributed by atoms with Crippen molar-refractivity contribution in [1.82, 2.24) is 4.90 Å². The monoisotopic (exact) mass is 330 g/mol. The molecule has 3 rings (SSSR count). The van der Waals surface area contributed by atoms with Crippen molar-refractivity contribution >= 4 is 0 Å². The van der Waals surface area contributed by atoms with Gasteiger partial charge < -0.3 is 14.6 Å². The molecule has 1 aliphatic carbocycles. The molecule has 24 heavy (non-hydrogen) atoms. The number of fused-ring (bicyclic) bond motifs is 1. The Kier molecular flexibility index (Phi) is 4.98. The SMILES string of the molecule is COc1ccc([C@@H]2[C@@H]3CCCC[C@]3(O)CCN2CC#N)cc1OC. The van der Waals surface area contributed by atoms with Crippen molar-refractivity contribution in [2.24, 2.45) is 5.92 Å². The van der Waals surface area contributed by atoms with Crippen molar-refractivity contribution in [3.63, 3.8) is 0 Å². The molecular weight excluding hydrogens is 304 g/mol. The third-order valence-electron chi connectivity index (χ3n) is 5.69. The number of ether oxygens (including phenoxy) is 2. The number of likely N-dealkylation sites (tertiary alicyclic amines) is 1. The molecule has 0 radical (unpaired) electrons. The second-order valence-electron chi connectivity index (χ2n) is 6.89. The lowest BCUT2D eigenvalue weighted by Crippen LogP contribution is -2.54. The summed E-state index contributed by atoms with van der Waals surface area (Å²) in [6, 6.07) is 8.27. The minimum absolute atomic E-state index is 0.0449. The van der Waals surface area contributed by atoms with Crippen LogP contribution >= 0.6 is 0 Å². The summed E-state index contributed by atoms with van der Waals surface area (Å²) in [6.45, 7) is 1.13. The molecule has 1 aliphatic heterocycles. The summed E-state index contributed by atoms with van der Waals surface area (Å²) in [5.74, 6) is 1.55. The maximum absolute atomic E-state index is 11.2. The molecule has 1 heterocycles. The molecule has 2 fully saturated rings. The summed E-state index contributed by atoms with van der Waals surface area (Å²) < 4.78 is 10.8. The molecule has 1 saturated carbocycles. The van der Waals surface area contributed by atoms with Crippen molar-refractivity contribution in [2.75, 3.05) is 27.3 Å². The van der Waals surface area contributed by atoms with Crippen molar-refractivity contribution in [1.29, 1.82) is 5.26 Å². The average molecular weight is 330 g/mol. The number of methoxy groups -OCH3 is 2. The first-order valence-electron chi connectivity index (χ1n) is 8.68. The Morgan fingerprint density at radius 3 is 2.75 bits per heavy atom. The van der Waals surface area contributed by atoms with Gasteiger partial charge >= 0.3 is 0 Å². The van der Waals surface area contributed by atoms with Gasteiger partial charge in [0.15, 0.2) is 11.5 Å². The van der Waals surface area contributed by atoms with E-state index in [4.69, 9.17) is 9.47 Å². The fraction of sp³-hybridized carbons (Fsp3) is 0.632. The van der Waals surface area contributed by atoms with Gasteiger partial charge in [-0.2, -0.15) is 5.26 Å². The van der Waals surface area contributed by atoms with Crippen LogP contribution in [0.25, 0.3) is 0 Å². The average Bonchev–Trinajstić information content (AvgIpc) is 2.61. The lowest BCUT2D eigenvalue weighted by Gasteiger charge is -2.52. The van der Waals surface area contributed by atoms with Crippen LogP contribution in [0.5, 0.6) is 11.5 Å². The first kappa shape index (κ1) is 17.1. The summed E-state index contributed by atoms with van der Waals surface area (Å²) in [7, 11) is 3.26. The zero-order valence-electron chi connectivity index (χ0n) is 14.5. The summed E-state index contributed by atoms with van der Waals surface area (Å²) >= 11 is 0. The standard InChI is InChI=1S/C19H26N2O3/c1-23-16-7-6-14(13-17(16)24-2)18-15-5-3-4-8-19(15,22)9-11-21(18)12-10-20/h6-7,13,15,18,22H,3-5,8-9,11-12H2,1-2H3/t15-,18+,19-/m0/s1. The van der Waals surface area contributed by atoms with E-state index in [9.17, 15) is 10.4 Å². The quantitative estimate of drug-likeness (QED) is 0.860. The highest BCUT2D eigenvalue weighted by Crippen LogP contribution is 2.49. The van der Waals surface area contributed by atoms with E-state index in [0.717, 1.165) is 44.2 Å². The van der Waals surface area contributed by atoms with Gasteiger partial charge in [0.25, 0.3) is 0 Å². The molecule has 0 amide bonds. The highest BCUT2D eigenvalue weighted by molar-refractivity contribution is 5.44. The van der Waals surface area contributed by atoms with Crippen LogP contribution in [-0.4, -0.2) is 42.9 Å². The highest BCUT2D eigenvalue weighted by Gasteiger charge is 2.48. The molecule has 0 spiro atoms. The Bertz CT molecular complexity index is 628. The second-order valence-corrected chi connectivity index (χ2v) is 6.89. The third kappa shape index (κ3) is 2.97. The van der Waals surface area contributed by atoms with Gasteiger partial charge in [-0.15, -0.1) is 0 Å². The molecule has 1 aromatic carbocycles. The van der Waals surface area contributed by atoms with Gasteiger partial charge in [-0.05, 0) is 37.0 Å². The molecule has 1 saturated heterocycles. The van der Waals surface area contributed by atoms with Gasteiger partial charge in [-0.25, -0.2) is 0 Å². The van der Waals surface area contributed by atoms with E-state index >= 15 is 0 Å². The smallest absolute Gasteiger partial charge is 0.161 e. The summed E-state index contributed by atoms with van der Waals surface area (Å²) in [6.07, 6.45) is 4.84. The fourth-order valence-corrected chi connectivity index (χ4v) is 4.49. The number of hydrogen-bond acceptors (Lipinski definition) is 5. The van der Waals surface area contributed by atoms with Crippen molar-refractivity contribution in [2.45, 2.75) is 43.7 Å². The molecule has 1 aromatic rings. The predicted molar refractivity (Wildman–Crippen MR) is 91.0 cm³/mol. The van der Waals surface area contributed by atoms with Crippen molar-refractivity contribution < 1.29 is 14.6 Å². The van der Waals surface area contributed by atoms with Gasteiger partial charge in [-0.1, -0.05) is 18.9 Å². The maximum atomic E-state index is 11.2. The molecule has 5 heteroatoms. The molecule has 5 nitrogen and oxygen atoms in total. The van der Waals surface area contributed by atoms with Crippen LogP contribution in [0.1, 0.15) is 43.7 Å². The first-order valence-corrected chi connectivity index (χ1v) is 8.68. The van der Waals surface area contributed by atoms with Gasteiger partial charge in [0.05, 0.1) is 32.4 Å². The van der Waals surface area contributed by atoms with E-state index in [-0.39, 0.29) is 12.0 Å². The maximum Gasteiger partial charge on any atom is 0.161 e. The van der Waals surface area contributed by atoms with Crippen LogP contribution in [0.2, 0.25) is 0 Å². The normalized spacial score (nSPS) is 30.2. The largest absolute Gasteiger partial charge is 0.493 e. The molecule has 130 valence electrons. The Labute approximate surface area is 143 Å². The first-order chi connectivity index (χ1) is 11.6. The minimum atomic E-state index is -0.609. The Hall–Kier alpha value is -1.77. The Morgan fingerprint density at radius 1 is 1.25 bits per heavy atom. The third-order valence-corrected chi connectivity index (χ3v) is 5.69. The second kappa shape index (κ2) is 7.00. The number of rotatable bonds is 4.